The molecule has 20 nitrogen and oxygen atoms in total. The molecule has 12 rings (SSSR count). The highest BCUT2D eigenvalue weighted by Gasteiger charge is 2.61. The zero-order chi connectivity index (χ0) is 64.3. The molecule has 2 aliphatic carbocycles. The number of ether oxygens (including phenoxy) is 5. The van der Waals surface area contributed by atoms with Crippen LogP contribution in [0, 0.1) is 23.5 Å². The van der Waals surface area contributed by atoms with Gasteiger partial charge in [0.05, 0.1) is 43.3 Å². The van der Waals surface area contributed by atoms with Gasteiger partial charge in [-0.05, 0) is 117 Å². The number of carbonyl (C=O) groups is 7. The molecule has 4 aromatic carbocycles. The van der Waals surface area contributed by atoms with Crippen molar-refractivity contribution in [2.75, 3.05) is 26.2 Å². The maximum absolute atomic E-state index is 14.9. The fraction of sp³-hybridized carbons (Fsp3) is 0.493. The van der Waals surface area contributed by atoms with Gasteiger partial charge in [-0.25, -0.2) is 23.2 Å². The van der Waals surface area contributed by atoms with Crippen LogP contribution in [0.5, 0.6) is 0 Å². The minimum absolute atomic E-state index is 0.0168. The van der Waals surface area contributed by atoms with Gasteiger partial charge in [0.1, 0.15) is 48.7 Å². The molecular weight excluding hydrogens is 1170 g/mol. The van der Waals surface area contributed by atoms with E-state index in [1.807, 2.05) is 66.9 Å². The summed E-state index contributed by atoms with van der Waals surface area (Å²) in [6.45, 7) is 8.57. The lowest BCUT2D eigenvalue weighted by Crippen LogP contribution is -2.55. The third-order valence-electron chi connectivity index (χ3n) is 19.0. The summed E-state index contributed by atoms with van der Waals surface area (Å²) in [6, 6.07) is 23.6. The van der Waals surface area contributed by atoms with Crippen LogP contribution < -0.4 is 11.1 Å². The number of carbonyl (C=O) groups excluding carboxylic acids is 7. The number of fused-ring (bicyclic) bond motifs is 4. The van der Waals surface area contributed by atoms with Gasteiger partial charge in [0.2, 0.25) is 11.8 Å². The van der Waals surface area contributed by atoms with Crippen LogP contribution in [-0.4, -0.2) is 152 Å². The maximum Gasteiger partial charge on any atom is 0.410 e. The number of amides is 5. The van der Waals surface area contributed by atoms with Gasteiger partial charge in [-0.3, -0.25) is 29.0 Å². The van der Waals surface area contributed by atoms with Crippen LogP contribution >= 0.6 is 0 Å². The number of aromatic amines is 2. The number of rotatable bonds is 13. The highest BCUT2D eigenvalue weighted by atomic mass is 19.1. The molecule has 6 aliphatic rings. The summed E-state index contributed by atoms with van der Waals surface area (Å²) in [7, 11) is 0. The predicted octanol–water partition coefficient (Wildman–Crippen LogP) is 10.5. The molecule has 0 bridgehead atoms. The Labute approximate surface area is 527 Å². The van der Waals surface area contributed by atoms with Gasteiger partial charge >= 0.3 is 30.2 Å². The van der Waals surface area contributed by atoms with E-state index >= 15 is 0 Å². The van der Waals surface area contributed by atoms with Crippen LogP contribution in [0.15, 0.2) is 109 Å². The largest absolute Gasteiger partial charge is 0.458 e. The van der Waals surface area contributed by atoms with E-state index in [0.717, 1.165) is 97.2 Å². The molecule has 22 heteroatoms. The molecule has 5 amide bonds. The Bertz CT molecular complexity index is 3600. The first-order valence-electron chi connectivity index (χ1n) is 31.9. The normalized spacial score (nSPS) is 24.0. The van der Waals surface area contributed by atoms with E-state index in [-0.39, 0.29) is 74.8 Å². The molecule has 6 fully saturated rings. The number of hydrogen-bond acceptors (Lipinski definition) is 13. The Hall–Kier alpha value is -8.53. The van der Waals surface area contributed by atoms with Crippen LogP contribution in [0.25, 0.3) is 21.8 Å². The Balaban J connectivity index is 0.000000189. The summed E-state index contributed by atoms with van der Waals surface area (Å²) in [4.78, 5) is 107. The summed E-state index contributed by atoms with van der Waals surface area (Å²) in [5.41, 5.74) is 10.4. The lowest BCUT2D eigenvalue weighted by molar-refractivity contribution is -0.149. The van der Waals surface area contributed by atoms with Crippen molar-refractivity contribution in [3.05, 3.63) is 143 Å². The first-order chi connectivity index (χ1) is 43.7. The zero-order valence-electron chi connectivity index (χ0n) is 52.2. The molecule has 4 saturated heterocycles. The molecule has 5 N–H and O–H groups in total. The van der Waals surface area contributed by atoms with Crippen LogP contribution in [-0.2, 0) is 56.1 Å². The molecule has 91 heavy (non-hydrogen) atoms. The third kappa shape index (κ3) is 14.2. The van der Waals surface area contributed by atoms with Crippen molar-refractivity contribution in [2.24, 2.45) is 17.6 Å². The van der Waals surface area contributed by atoms with Gasteiger partial charge in [0, 0.05) is 73.0 Å². The number of hydrogen-bond donors (Lipinski definition) is 4. The van der Waals surface area contributed by atoms with Crippen LogP contribution in [0.1, 0.15) is 133 Å². The Morgan fingerprint density at radius 1 is 0.560 bits per heavy atom. The second-order valence-electron chi connectivity index (χ2n) is 26.2. The maximum atomic E-state index is 14.9. The Morgan fingerprint density at radius 2 is 0.989 bits per heavy atom. The Morgan fingerprint density at radius 3 is 1.42 bits per heavy atom. The molecular formula is C69H82F2N8O12. The van der Waals surface area contributed by atoms with Crippen molar-refractivity contribution in [1.82, 2.24) is 34.9 Å². The molecule has 0 radical (unpaired) electrons. The molecule has 6 aromatic rings. The fourth-order valence-electron chi connectivity index (χ4n) is 15.1. The first-order valence-corrected chi connectivity index (χ1v) is 31.9. The number of likely N-dealkylation sites (tertiary alicyclic amines) is 4. The number of nitrogens with two attached hydrogens (primary N) is 1. The average molecular weight is 1250 g/mol. The van der Waals surface area contributed by atoms with Crippen molar-refractivity contribution in [1.29, 1.82) is 0 Å². The lowest BCUT2D eigenvalue weighted by Gasteiger charge is -2.36. The number of halogens is 2. The predicted molar refractivity (Wildman–Crippen MR) is 333 cm³/mol. The van der Waals surface area contributed by atoms with Gasteiger partial charge in [-0.1, -0.05) is 99.2 Å². The van der Waals surface area contributed by atoms with Crippen LogP contribution in [0.4, 0.5) is 23.2 Å². The van der Waals surface area contributed by atoms with E-state index in [2.05, 4.69) is 15.3 Å². The summed E-state index contributed by atoms with van der Waals surface area (Å²) < 4.78 is 57.0. The third-order valence-corrected chi connectivity index (χ3v) is 19.0. The van der Waals surface area contributed by atoms with Crippen molar-refractivity contribution in [3.63, 3.8) is 0 Å². The van der Waals surface area contributed by atoms with Crippen molar-refractivity contribution in [3.8, 4) is 0 Å². The molecule has 10 atom stereocenters. The number of aromatic nitrogens is 2. The highest BCUT2D eigenvalue weighted by molar-refractivity contribution is 5.89. The van der Waals surface area contributed by atoms with Gasteiger partial charge in [0.15, 0.2) is 0 Å². The zero-order valence-corrected chi connectivity index (χ0v) is 52.2. The minimum atomic E-state index is -0.885. The number of esters is 2. The van der Waals surface area contributed by atoms with Crippen molar-refractivity contribution >= 4 is 63.8 Å². The molecule has 2 aromatic heterocycles. The van der Waals surface area contributed by atoms with Gasteiger partial charge in [0.25, 0.3) is 0 Å². The van der Waals surface area contributed by atoms with E-state index in [1.54, 1.807) is 58.7 Å². The average Bonchev–Trinajstić information content (AvgIpc) is 1.58. The molecule has 2 saturated carbocycles. The van der Waals surface area contributed by atoms with E-state index in [1.165, 1.54) is 38.1 Å². The minimum Gasteiger partial charge on any atom is -0.458 e. The van der Waals surface area contributed by atoms with Gasteiger partial charge in [-0.15, -0.1) is 0 Å². The monoisotopic (exact) mass is 1250 g/mol. The topological polar surface area (TPSA) is 248 Å². The summed E-state index contributed by atoms with van der Waals surface area (Å²) >= 11 is 0. The van der Waals surface area contributed by atoms with Crippen LogP contribution in [0.2, 0.25) is 0 Å². The van der Waals surface area contributed by atoms with E-state index in [4.69, 9.17) is 29.4 Å². The summed E-state index contributed by atoms with van der Waals surface area (Å²) in [5, 5.41) is 4.46. The highest BCUT2D eigenvalue weighted by Crippen LogP contribution is 2.47. The van der Waals surface area contributed by atoms with Crippen molar-refractivity contribution < 1.29 is 66.0 Å². The smallest absolute Gasteiger partial charge is 0.410 e. The van der Waals surface area contributed by atoms with E-state index in [0.29, 0.717) is 11.0 Å². The summed E-state index contributed by atoms with van der Waals surface area (Å²) in [6.07, 6.45) is 9.64. The second kappa shape index (κ2) is 27.5. The van der Waals surface area contributed by atoms with Crippen LogP contribution in [0.3, 0.4) is 0 Å². The van der Waals surface area contributed by atoms with Crippen molar-refractivity contribution in [2.45, 2.75) is 178 Å². The van der Waals surface area contributed by atoms with Gasteiger partial charge in [-0.2, -0.15) is 0 Å². The molecule has 0 spiro atoms. The number of nitrogens with zero attached hydrogens (tertiary/aromatic N) is 4. The number of alkyl carbamates (subject to hydrolysis) is 1. The van der Waals surface area contributed by atoms with E-state index in [9.17, 15) is 42.3 Å². The summed E-state index contributed by atoms with van der Waals surface area (Å²) in [5.74, 6) is -3.15. The fourth-order valence-corrected chi connectivity index (χ4v) is 15.1. The second-order valence-corrected chi connectivity index (χ2v) is 26.2. The number of nitrogens with one attached hydrogen (secondary N) is 3. The SMILES string of the molecule is CC(=O)O[C@@H]1CN(C(=O)[C@@H](N)C2CCCCC2)[C@H]2[C@@H]1N(C(=O)OCc1ccccc1)C[C@H]2c1c[nH]c2cc(F)ccc12.CC(=O)O[C@@H]1CN(C(=O)[C@@H](NC(=O)OC(C)(C)C)C2CCCCC2)[C@H]2[C@@H]1N(C(=O)OCc1ccccc1)C[C@H]2c1c[nH]c2cc(F)ccc12. The van der Waals surface area contributed by atoms with E-state index < -0.39 is 96.0 Å². The molecule has 6 heterocycles. The molecule has 0 unspecified atom stereocenters. The van der Waals surface area contributed by atoms with Gasteiger partial charge < -0.3 is 54.5 Å². The quantitative estimate of drug-likeness (QED) is 0.0621. The number of H-pyrrole nitrogens is 2. The lowest BCUT2D eigenvalue weighted by atomic mass is 9.83. The standard InChI is InChI=1S/C37H45FN4O7.C32H37FN4O5/c1-22(43)48-30-20-41(34(44)31(24-13-9-6-10-14-24)40-35(45)49-37(2,3)4)32-28(27-18-39-29-17-25(38)15-16-26(27)29)19-42(33(30)32)36(46)47-21-23-11-7-5-8-12-23;1-19(38)42-27-17-36(31(39)28(34)21-10-6-3-7-11-21)29-25(24-15-35-26-14-22(33)12-13-23(24)26)16-37(30(27)29)32(40)41-18-20-8-4-2-5-9-20/h5,7-8,11-12,15-18,24,28,30-33,39H,6,9-10,13-14,19-21H2,1-4H3,(H,40,45);2,4-5,8-9,12-15,21,25,27-30,35H,3,6-7,10-11,16-18,34H2,1H3/t28-,30+,31-,32+,33+;25-,27+,28-,29+,30+/m00/s1. The first kappa shape index (κ1) is 64.0. The number of benzene rings is 4. The Kier molecular flexibility index (Phi) is 19.4. The molecule has 4 aliphatic heterocycles. The molecule has 484 valence electrons.